The number of esters is 1. The van der Waals surface area contributed by atoms with Crippen LogP contribution in [-0.2, 0) is 4.74 Å². The summed E-state index contributed by atoms with van der Waals surface area (Å²) in [5.41, 5.74) is 6.23. The summed E-state index contributed by atoms with van der Waals surface area (Å²) in [6, 6.07) is 0. The summed E-state index contributed by atoms with van der Waals surface area (Å²) in [4.78, 5) is 13.8. The number of anilines is 1. The van der Waals surface area contributed by atoms with Crippen molar-refractivity contribution < 1.29 is 9.53 Å². The van der Waals surface area contributed by atoms with Crippen molar-refractivity contribution in [3.05, 3.63) is 16.4 Å². The molecule has 1 rings (SSSR count). The highest BCUT2D eigenvalue weighted by atomic mass is 79.9. The topological polar surface area (TPSA) is 68.1 Å². The Kier molecular flexibility index (Phi) is 2.75. The highest BCUT2D eigenvalue weighted by molar-refractivity contribution is 9.10. The SMILES string of the molecule is CCOC(=O)c1[nH]cc(Br)c1N. The molecule has 0 aliphatic heterocycles. The second kappa shape index (κ2) is 3.62. The summed E-state index contributed by atoms with van der Waals surface area (Å²) in [5, 5.41) is 0. The smallest absolute Gasteiger partial charge is 0.356 e. The van der Waals surface area contributed by atoms with Crippen LogP contribution in [0.15, 0.2) is 10.7 Å². The largest absolute Gasteiger partial charge is 0.461 e. The van der Waals surface area contributed by atoms with Crippen molar-refractivity contribution in [2.45, 2.75) is 6.92 Å². The number of nitrogens with one attached hydrogen (secondary N) is 1. The third-order valence-corrected chi connectivity index (χ3v) is 2.01. The molecule has 0 spiro atoms. The standard InChI is InChI=1S/C7H9BrN2O2/c1-2-12-7(11)6-5(9)4(8)3-10-6/h3,10H,2,9H2,1H3. The van der Waals surface area contributed by atoms with Gasteiger partial charge in [-0.05, 0) is 22.9 Å². The number of aromatic amines is 1. The van der Waals surface area contributed by atoms with E-state index in [1.807, 2.05) is 0 Å². The number of halogens is 1. The zero-order valence-corrected chi connectivity index (χ0v) is 8.14. The Hall–Kier alpha value is -0.970. The van der Waals surface area contributed by atoms with Gasteiger partial charge >= 0.3 is 5.97 Å². The minimum absolute atomic E-state index is 0.295. The van der Waals surface area contributed by atoms with Crippen LogP contribution in [0.1, 0.15) is 17.4 Å². The second-order valence-corrected chi connectivity index (χ2v) is 3.00. The summed E-state index contributed by atoms with van der Waals surface area (Å²) in [5.74, 6) is -0.430. The third kappa shape index (κ3) is 1.61. The van der Waals surface area contributed by atoms with Crippen LogP contribution in [0.2, 0.25) is 0 Å². The van der Waals surface area contributed by atoms with Crippen molar-refractivity contribution in [2.75, 3.05) is 12.3 Å². The lowest BCUT2D eigenvalue weighted by Gasteiger charge is -1.99. The first-order chi connectivity index (χ1) is 5.66. The van der Waals surface area contributed by atoms with Gasteiger partial charge in [0.15, 0.2) is 0 Å². The van der Waals surface area contributed by atoms with Crippen LogP contribution >= 0.6 is 15.9 Å². The summed E-state index contributed by atoms with van der Waals surface area (Å²) in [7, 11) is 0. The number of rotatable bonds is 2. The van der Waals surface area contributed by atoms with Crippen LogP contribution in [0.3, 0.4) is 0 Å². The van der Waals surface area contributed by atoms with Crippen LogP contribution in [0.5, 0.6) is 0 Å². The van der Waals surface area contributed by atoms with E-state index in [0.717, 1.165) is 0 Å². The average molecular weight is 233 g/mol. The molecule has 0 atom stereocenters. The van der Waals surface area contributed by atoms with E-state index in [2.05, 4.69) is 20.9 Å². The molecule has 12 heavy (non-hydrogen) atoms. The molecule has 0 saturated carbocycles. The zero-order valence-electron chi connectivity index (χ0n) is 6.56. The third-order valence-electron chi connectivity index (χ3n) is 1.35. The molecule has 0 bridgehead atoms. The first-order valence-corrected chi connectivity index (χ1v) is 4.25. The number of ether oxygens (including phenoxy) is 1. The van der Waals surface area contributed by atoms with Gasteiger partial charge in [-0.3, -0.25) is 0 Å². The quantitative estimate of drug-likeness (QED) is 0.761. The fraction of sp³-hybridized carbons (Fsp3) is 0.286. The molecule has 0 aromatic carbocycles. The predicted octanol–water partition coefficient (Wildman–Crippen LogP) is 1.54. The maximum Gasteiger partial charge on any atom is 0.356 e. The lowest BCUT2D eigenvalue weighted by atomic mass is 10.4. The molecule has 4 nitrogen and oxygen atoms in total. The molecule has 1 aromatic heterocycles. The second-order valence-electron chi connectivity index (χ2n) is 2.15. The minimum atomic E-state index is -0.430. The molecule has 3 N–H and O–H groups in total. The Labute approximate surface area is 78.2 Å². The van der Waals surface area contributed by atoms with Gasteiger partial charge in [0.2, 0.25) is 0 Å². The summed E-state index contributed by atoms with van der Waals surface area (Å²) in [6.45, 7) is 2.08. The highest BCUT2D eigenvalue weighted by Crippen LogP contribution is 2.22. The van der Waals surface area contributed by atoms with Gasteiger partial charge in [0.05, 0.1) is 16.8 Å². The van der Waals surface area contributed by atoms with Crippen LogP contribution < -0.4 is 5.73 Å². The van der Waals surface area contributed by atoms with E-state index in [-0.39, 0.29) is 0 Å². The van der Waals surface area contributed by atoms with Gasteiger partial charge in [-0.15, -0.1) is 0 Å². The molecule has 5 heteroatoms. The lowest BCUT2D eigenvalue weighted by Crippen LogP contribution is -2.07. The van der Waals surface area contributed by atoms with Gasteiger partial charge in [0.1, 0.15) is 5.69 Å². The molecule has 1 aromatic rings. The van der Waals surface area contributed by atoms with Crippen molar-refractivity contribution in [3.63, 3.8) is 0 Å². The lowest BCUT2D eigenvalue weighted by molar-refractivity contribution is 0.0521. The minimum Gasteiger partial charge on any atom is -0.461 e. The van der Waals surface area contributed by atoms with Crippen LogP contribution in [0.25, 0.3) is 0 Å². The predicted molar refractivity (Wildman–Crippen MR) is 48.9 cm³/mol. The van der Waals surface area contributed by atoms with E-state index in [1.165, 1.54) is 0 Å². The molecule has 0 unspecified atom stereocenters. The average Bonchev–Trinajstić information content (AvgIpc) is 2.34. The fourth-order valence-electron chi connectivity index (χ4n) is 0.783. The maximum absolute atomic E-state index is 11.1. The molecular formula is C7H9BrN2O2. The van der Waals surface area contributed by atoms with Crippen LogP contribution in [0, 0.1) is 0 Å². The van der Waals surface area contributed by atoms with E-state index in [0.29, 0.717) is 22.5 Å². The Bertz CT molecular complexity index is 296. The molecule has 0 saturated heterocycles. The normalized spacial score (nSPS) is 9.83. The number of carbonyl (C=O) groups excluding carboxylic acids is 1. The molecule has 0 fully saturated rings. The zero-order chi connectivity index (χ0) is 9.14. The number of nitrogen functional groups attached to an aromatic ring is 1. The van der Waals surface area contributed by atoms with Gasteiger partial charge in [-0.25, -0.2) is 4.79 Å². The van der Waals surface area contributed by atoms with Gasteiger partial charge < -0.3 is 15.5 Å². The van der Waals surface area contributed by atoms with Crippen molar-refractivity contribution in [1.82, 2.24) is 4.98 Å². The molecule has 0 aliphatic rings. The molecular weight excluding hydrogens is 224 g/mol. The first kappa shape index (κ1) is 9.12. The summed E-state index contributed by atoms with van der Waals surface area (Å²) < 4.78 is 5.42. The Balaban J connectivity index is 2.88. The molecule has 0 aliphatic carbocycles. The molecule has 66 valence electrons. The molecule has 0 amide bonds. The van der Waals surface area contributed by atoms with Crippen molar-refractivity contribution in [1.29, 1.82) is 0 Å². The van der Waals surface area contributed by atoms with Crippen LogP contribution in [-0.4, -0.2) is 17.6 Å². The molecule has 1 heterocycles. The van der Waals surface area contributed by atoms with Crippen molar-refractivity contribution in [2.24, 2.45) is 0 Å². The van der Waals surface area contributed by atoms with Gasteiger partial charge in [0, 0.05) is 6.20 Å². The first-order valence-electron chi connectivity index (χ1n) is 3.46. The monoisotopic (exact) mass is 232 g/mol. The number of hydrogen-bond donors (Lipinski definition) is 2. The van der Waals surface area contributed by atoms with E-state index >= 15 is 0 Å². The number of nitrogens with two attached hydrogens (primary N) is 1. The van der Waals surface area contributed by atoms with E-state index < -0.39 is 5.97 Å². The van der Waals surface area contributed by atoms with Gasteiger partial charge in [-0.2, -0.15) is 0 Å². The van der Waals surface area contributed by atoms with E-state index in [1.54, 1.807) is 13.1 Å². The number of H-pyrrole nitrogens is 1. The van der Waals surface area contributed by atoms with Crippen LogP contribution in [0.4, 0.5) is 5.69 Å². The fourth-order valence-corrected chi connectivity index (χ4v) is 1.10. The van der Waals surface area contributed by atoms with Crippen molar-refractivity contribution >= 4 is 27.6 Å². The van der Waals surface area contributed by atoms with Gasteiger partial charge in [-0.1, -0.05) is 0 Å². The Morgan fingerprint density at radius 2 is 2.50 bits per heavy atom. The number of aromatic nitrogens is 1. The van der Waals surface area contributed by atoms with E-state index in [4.69, 9.17) is 10.5 Å². The van der Waals surface area contributed by atoms with E-state index in [9.17, 15) is 4.79 Å². The summed E-state index contributed by atoms with van der Waals surface area (Å²) >= 11 is 3.17. The highest BCUT2D eigenvalue weighted by Gasteiger charge is 2.14. The number of carbonyl (C=O) groups is 1. The molecule has 0 radical (unpaired) electrons. The Morgan fingerprint density at radius 1 is 1.83 bits per heavy atom. The number of hydrogen-bond acceptors (Lipinski definition) is 3. The van der Waals surface area contributed by atoms with Crippen molar-refractivity contribution in [3.8, 4) is 0 Å². The Morgan fingerprint density at radius 3 is 2.92 bits per heavy atom. The summed E-state index contributed by atoms with van der Waals surface area (Å²) in [6.07, 6.45) is 1.60. The maximum atomic E-state index is 11.1. The van der Waals surface area contributed by atoms with Gasteiger partial charge in [0.25, 0.3) is 0 Å².